The molecule has 0 aliphatic heterocycles. The fraction of sp³-hybridized carbons (Fsp3) is 0.158. The van der Waals surface area contributed by atoms with Gasteiger partial charge in [-0.15, -0.1) is 0 Å². The number of alkyl halides is 3. The molecule has 0 amide bonds. The zero-order valence-electron chi connectivity index (χ0n) is 15.4. The van der Waals surface area contributed by atoms with Crippen LogP contribution in [0, 0.1) is 6.92 Å². The summed E-state index contributed by atoms with van der Waals surface area (Å²) in [6.07, 6.45) is -3.32. The van der Waals surface area contributed by atoms with Crippen molar-refractivity contribution in [2.45, 2.75) is 13.1 Å². The molecule has 10 heteroatoms. The Morgan fingerprint density at radius 1 is 1.03 bits per heavy atom. The van der Waals surface area contributed by atoms with Gasteiger partial charge >= 0.3 is 6.18 Å². The highest BCUT2D eigenvalue weighted by Crippen LogP contribution is 2.37. The molecule has 0 saturated carbocycles. The molecule has 4 aromatic rings. The average molecular weight is 400 g/mol. The lowest BCUT2D eigenvalue weighted by Crippen LogP contribution is -2.10. The van der Waals surface area contributed by atoms with Crippen molar-refractivity contribution in [3.8, 4) is 28.1 Å². The van der Waals surface area contributed by atoms with Crippen molar-refractivity contribution in [1.82, 2.24) is 24.6 Å². The number of nitrogen functional groups attached to an aromatic ring is 1. The number of anilines is 1. The van der Waals surface area contributed by atoms with Crippen molar-refractivity contribution in [3.05, 3.63) is 54.1 Å². The summed E-state index contributed by atoms with van der Waals surface area (Å²) in [5.41, 5.74) is 7.17. The first kappa shape index (κ1) is 18.7. The molecule has 7 nitrogen and oxygen atoms in total. The van der Waals surface area contributed by atoms with E-state index >= 15 is 0 Å². The van der Waals surface area contributed by atoms with Crippen molar-refractivity contribution in [2.24, 2.45) is 0 Å². The highest BCUT2D eigenvalue weighted by atomic mass is 19.4. The Morgan fingerprint density at radius 2 is 1.76 bits per heavy atom. The number of fused-ring (bicyclic) bond motifs is 1. The molecule has 0 unspecified atom stereocenters. The van der Waals surface area contributed by atoms with Crippen LogP contribution >= 0.6 is 0 Å². The van der Waals surface area contributed by atoms with Crippen molar-refractivity contribution >= 4 is 11.6 Å². The Labute approximate surface area is 163 Å². The number of aryl methyl sites for hydroxylation is 1. The zero-order valence-corrected chi connectivity index (χ0v) is 15.4. The van der Waals surface area contributed by atoms with Crippen molar-refractivity contribution < 1.29 is 17.9 Å². The van der Waals surface area contributed by atoms with Crippen LogP contribution in [0.3, 0.4) is 0 Å². The molecule has 0 spiro atoms. The van der Waals surface area contributed by atoms with Gasteiger partial charge in [-0.1, -0.05) is 0 Å². The number of methoxy groups -OCH3 is 1. The maximum Gasteiger partial charge on any atom is 0.433 e. The second-order valence-corrected chi connectivity index (χ2v) is 6.30. The van der Waals surface area contributed by atoms with Gasteiger partial charge in [-0.3, -0.25) is 0 Å². The fourth-order valence-corrected chi connectivity index (χ4v) is 3.09. The largest absolute Gasteiger partial charge is 0.497 e. The topological polar surface area (TPSA) is 91.2 Å². The third-order valence-corrected chi connectivity index (χ3v) is 4.35. The quantitative estimate of drug-likeness (QED) is 0.563. The first-order chi connectivity index (χ1) is 13.8. The molecule has 1 aromatic carbocycles. The van der Waals surface area contributed by atoms with E-state index in [-0.39, 0.29) is 17.2 Å². The van der Waals surface area contributed by atoms with Crippen molar-refractivity contribution in [1.29, 1.82) is 0 Å². The van der Waals surface area contributed by atoms with Gasteiger partial charge in [-0.25, -0.2) is 15.0 Å². The molecule has 0 atom stereocenters. The molecular formula is C19H15F3N6O. The number of hydrogen-bond acceptors (Lipinski definition) is 6. The summed E-state index contributed by atoms with van der Waals surface area (Å²) >= 11 is 0. The predicted molar refractivity (Wildman–Crippen MR) is 100 cm³/mol. The molecule has 2 N–H and O–H groups in total. The van der Waals surface area contributed by atoms with Crippen LogP contribution in [-0.4, -0.2) is 31.7 Å². The van der Waals surface area contributed by atoms with Gasteiger partial charge in [0, 0.05) is 11.3 Å². The molecule has 4 rings (SSSR count). The van der Waals surface area contributed by atoms with Crippen molar-refractivity contribution in [2.75, 3.05) is 12.8 Å². The van der Waals surface area contributed by atoms with Gasteiger partial charge in [-0.2, -0.15) is 22.8 Å². The predicted octanol–water partition coefficient (Wildman–Crippen LogP) is 3.77. The molecule has 29 heavy (non-hydrogen) atoms. The van der Waals surface area contributed by atoms with Gasteiger partial charge in [-0.05, 0) is 48.9 Å². The van der Waals surface area contributed by atoms with Gasteiger partial charge < -0.3 is 10.5 Å². The third-order valence-electron chi connectivity index (χ3n) is 4.35. The van der Waals surface area contributed by atoms with E-state index in [2.05, 4.69) is 20.1 Å². The minimum atomic E-state index is -4.59. The van der Waals surface area contributed by atoms with E-state index in [0.717, 1.165) is 6.07 Å². The summed E-state index contributed by atoms with van der Waals surface area (Å²) in [4.78, 5) is 12.2. The van der Waals surface area contributed by atoms with Gasteiger partial charge in [0.1, 0.15) is 17.8 Å². The lowest BCUT2D eigenvalue weighted by Gasteiger charge is -2.14. The Hall–Kier alpha value is -3.69. The number of hydrogen-bond donors (Lipinski definition) is 1. The average Bonchev–Trinajstić information content (AvgIpc) is 3.17. The first-order valence-electron chi connectivity index (χ1n) is 8.48. The van der Waals surface area contributed by atoms with Gasteiger partial charge in [0.05, 0.1) is 18.4 Å². The number of pyridine rings is 1. The van der Waals surface area contributed by atoms with Crippen LogP contribution in [0.2, 0.25) is 0 Å². The van der Waals surface area contributed by atoms with Gasteiger partial charge in [0.15, 0.2) is 5.65 Å². The van der Waals surface area contributed by atoms with E-state index in [0.29, 0.717) is 28.2 Å². The molecule has 0 bridgehead atoms. The molecule has 0 radical (unpaired) electrons. The highest BCUT2D eigenvalue weighted by Gasteiger charge is 2.33. The Kier molecular flexibility index (Phi) is 4.33. The standard InChI is InChI=1S/C19H15F3N6O/c1-10-7-12(8-14(26-10)19(20,21)22)15-16(11-3-5-13(29-2)6-4-11)27-18(23)28-17(15)24-9-25-28/h3-9H,1-2H3,(H2,23,27). The minimum absolute atomic E-state index is 0.0638. The van der Waals surface area contributed by atoms with E-state index in [1.54, 1.807) is 30.3 Å². The van der Waals surface area contributed by atoms with Crippen LogP contribution in [-0.2, 0) is 6.18 Å². The van der Waals surface area contributed by atoms with E-state index in [4.69, 9.17) is 10.5 Å². The Balaban J connectivity index is 2.04. The summed E-state index contributed by atoms with van der Waals surface area (Å²) in [7, 11) is 1.54. The number of ether oxygens (including phenoxy) is 1. The first-order valence-corrected chi connectivity index (χ1v) is 8.48. The number of nitrogens with two attached hydrogens (primary N) is 1. The molecular weight excluding hydrogens is 385 g/mol. The molecule has 0 saturated heterocycles. The molecule has 0 fully saturated rings. The molecule has 3 aromatic heterocycles. The lowest BCUT2D eigenvalue weighted by atomic mass is 9.99. The van der Waals surface area contributed by atoms with Crippen LogP contribution in [0.5, 0.6) is 5.75 Å². The third kappa shape index (κ3) is 3.33. The summed E-state index contributed by atoms with van der Waals surface area (Å²) in [5, 5.41) is 4.02. The number of rotatable bonds is 3. The number of benzene rings is 1. The molecule has 0 aliphatic rings. The minimum Gasteiger partial charge on any atom is -0.497 e. The molecule has 3 heterocycles. The Morgan fingerprint density at radius 3 is 2.41 bits per heavy atom. The zero-order chi connectivity index (χ0) is 20.8. The van der Waals surface area contributed by atoms with E-state index in [1.165, 1.54) is 24.9 Å². The van der Waals surface area contributed by atoms with Crippen LogP contribution in [0.25, 0.3) is 28.0 Å². The summed E-state index contributed by atoms with van der Waals surface area (Å²) in [6, 6.07) is 9.46. The smallest absolute Gasteiger partial charge is 0.433 e. The van der Waals surface area contributed by atoms with Gasteiger partial charge in [0.2, 0.25) is 5.95 Å². The van der Waals surface area contributed by atoms with E-state index in [1.807, 2.05) is 0 Å². The molecule has 148 valence electrons. The summed E-state index contributed by atoms with van der Waals surface area (Å²) < 4.78 is 46.5. The monoisotopic (exact) mass is 400 g/mol. The van der Waals surface area contributed by atoms with Crippen LogP contribution < -0.4 is 10.5 Å². The van der Waals surface area contributed by atoms with Gasteiger partial charge in [0.25, 0.3) is 0 Å². The van der Waals surface area contributed by atoms with E-state index < -0.39 is 11.9 Å². The van der Waals surface area contributed by atoms with E-state index in [9.17, 15) is 13.2 Å². The number of nitrogens with zero attached hydrogens (tertiary/aromatic N) is 5. The number of aromatic nitrogens is 5. The number of halogens is 3. The lowest BCUT2D eigenvalue weighted by molar-refractivity contribution is -0.141. The second-order valence-electron chi connectivity index (χ2n) is 6.30. The van der Waals surface area contributed by atoms with Crippen LogP contribution in [0.4, 0.5) is 19.1 Å². The molecule has 0 aliphatic carbocycles. The summed E-state index contributed by atoms with van der Waals surface area (Å²) in [5.74, 6) is 0.694. The van der Waals surface area contributed by atoms with Crippen LogP contribution in [0.1, 0.15) is 11.4 Å². The Bertz CT molecular complexity index is 1200. The summed E-state index contributed by atoms with van der Waals surface area (Å²) in [6.45, 7) is 1.50. The maximum atomic E-state index is 13.3. The maximum absolute atomic E-state index is 13.3. The normalized spacial score (nSPS) is 11.8. The van der Waals surface area contributed by atoms with Crippen LogP contribution in [0.15, 0.2) is 42.7 Å². The highest BCUT2D eigenvalue weighted by molar-refractivity contribution is 5.90. The SMILES string of the molecule is COc1ccc(-c2nc(N)n3ncnc3c2-c2cc(C)nc(C(F)(F)F)c2)cc1. The second kappa shape index (κ2) is 6.73. The fourth-order valence-electron chi connectivity index (χ4n) is 3.09. The van der Waals surface area contributed by atoms with Crippen molar-refractivity contribution in [3.63, 3.8) is 0 Å².